The maximum Gasteiger partial charge on any atom is 0.335 e. The monoisotopic (exact) mass is 385 g/mol. The molecule has 0 radical (unpaired) electrons. The molecular weight excluding hydrogens is 366 g/mol. The smallest absolute Gasteiger partial charge is 0.335 e. The first-order valence-electron chi connectivity index (χ1n) is 7.45. The van der Waals surface area contributed by atoms with Gasteiger partial charge in [-0.1, -0.05) is 0 Å². The van der Waals surface area contributed by atoms with Gasteiger partial charge in [0.1, 0.15) is 5.54 Å². The highest BCUT2D eigenvalue weighted by Gasteiger charge is 2.49. The number of carbonyl (C=O) groups is 2. The lowest BCUT2D eigenvalue weighted by Crippen LogP contribution is -2.45. The van der Waals surface area contributed by atoms with Gasteiger partial charge in [-0.05, 0) is 56.8 Å². The van der Waals surface area contributed by atoms with Crippen LogP contribution in [0.5, 0.6) is 0 Å². The van der Waals surface area contributed by atoms with Crippen molar-refractivity contribution < 1.29 is 23.1 Å². The molecule has 1 saturated heterocycles. The molecule has 0 aliphatic carbocycles. The van der Waals surface area contributed by atoms with Crippen molar-refractivity contribution in [2.45, 2.75) is 25.8 Å². The van der Waals surface area contributed by atoms with Gasteiger partial charge in [0.25, 0.3) is 5.91 Å². The summed E-state index contributed by atoms with van der Waals surface area (Å²) in [5, 5.41) is 14.2. The summed E-state index contributed by atoms with van der Waals surface area (Å²) < 4.78 is 22.2. The quantitative estimate of drug-likeness (QED) is 0.694. The van der Waals surface area contributed by atoms with Crippen LogP contribution in [0.25, 0.3) is 0 Å². The van der Waals surface area contributed by atoms with Crippen molar-refractivity contribution >= 4 is 44.9 Å². The second kappa shape index (κ2) is 6.70. The zero-order valence-electron chi connectivity index (χ0n) is 13.8. The van der Waals surface area contributed by atoms with Gasteiger partial charge in [0, 0.05) is 6.54 Å². The van der Waals surface area contributed by atoms with Gasteiger partial charge in [0.2, 0.25) is 10.0 Å². The standard InChI is InChI=1S/C15H19N3O5S2/c1-15(2)13(21)18(11-6-4-10(5-7-11)12(19)20)14(24)17(15)8-3-9-25(16,22)23/h4-7H,3,8-9H2,1-2H3,(H,19,20)(H2,16,22,23). The van der Waals surface area contributed by atoms with E-state index in [0.29, 0.717) is 5.69 Å². The lowest BCUT2D eigenvalue weighted by molar-refractivity contribution is -0.123. The summed E-state index contributed by atoms with van der Waals surface area (Å²) in [6, 6.07) is 5.81. The highest BCUT2D eigenvalue weighted by atomic mass is 32.2. The number of carbonyl (C=O) groups excluding carboxylic acids is 1. The topological polar surface area (TPSA) is 121 Å². The van der Waals surface area contributed by atoms with Crippen LogP contribution >= 0.6 is 12.2 Å². The Morgan fingerprint density at radius 3 is 2.32 bits per heavy atom. The van der Waals surface area contributed by atoms with Crippen LogP contribution in [0.3, 0.4) is 0 Å². The number of nitrogens with zero attached hydrogens (tertiary/aromatic N) is 2. The van der Waals surface area contributed by atoms with E-state index in [-0.39, 0.29) is 35.3 Å². The molecule has 1 aliphatic rings. The molecule has 1 aromatic carbocycles. The van der Waals surface area contributed by atoms with Crippen LogP contribution in [0.2, 0.25) is 0 Å². The highest BCUT2D eigenvalue weighted by Crippen LogP contribution is 2.32. The van der Waals surface area contributed by atoms with Gasteiger partial charge < -0.3 is 10.0 Å². The first kappa shape index (κ1) is 19.3. The van der Waals surface area contributed by atoms with Gasteiger partial charge in [-0.3, -0.25) is 9.69 Å². The van der Waals surface area contributed by atoms with Crippen molar-refractivity contribution in [3.63, 3.8) is 0 Å². The van der Waals surface area contributed by atoms with Crippen LogP contribution in [0.1, 0.15) is 30.6 Å². The Balaban J connectivity index is 2.24. The molecule has 1 heterocycles. The first-order valence-corrected chi connectivity index (χ1v) is 9.57. The summed E-state index contributed by atoms with van der Waals surface area (Å²) >= 11 is 5.40. The van der Waals surface area contributed by atoms with Crippen LogP contribution in [0, 0.1) is 0 Å². The number of primary sulfonamides is 1. The zero-order valence-corrected chi connectivity index (χ0v) is 15.4. The number of aromatic carboxylic acids is 1. The number of benzene rings is 1. The summed E-state index contributed by atoms with van der Waals surface area (Å²) in [6.07, 6.45) is 0.238. The van der Waals surface area contributed by atoms with Crippen molar-refractivity contribution in [1.82, 2.24) is 4.90 Å². The van der Waals surface area contributed by atoms with Crippen LogP contribution < -0.4 is 10.0 Å². The van der Waals surface area contributed by atoms with Gasteiger partial charge in [0.05, 0.1) is 17.0 Å². The van der Waals surface area contributed by atoms with Gasteiger partial charge >= 0.3 is 5.97 Å². The molecule has 0 atom stereocenters. The Hall–Kier alpha value is -2.04. The number of hydrogen-bond donors (Lipinski definition) is 2. The number of anilines is 1. The minimum absolute atomic E-state index is 0.102. The minimum Gasteiger partial charge on any atom is -0.478 e. The van der Waals surface area contributed by atoms with Crippen molar-refractivity contribution in [3.8, 4) is 0 Å². The number of carboxylic acid groups (broad SMARTS) is 1. The summed E-state index contributed by atoms with van der Waals surface area (Å²) in [4.78, 5) is 26.7. The van der Waals surface area contributed by atoms with Crippen LogP contribution in [-0.2, 0) is 14.8 Å². The summed E-state index contributed by atoms with van der Waals surface area (Å²) in [6.45, 7) is 3.66. The Kier molecular flexibility index (Phi) is 5.17. The van der Waals surface area contributed by atoms with Gasteiger partial charge in [0.15, 0.2) is 5.11 Å². The molecule has 0 bridgehead atoms. The Bertz CT molecular complexity index is 818. The van der Waals surface area contributed by atoms with E-state index in [1.54, 1.807) is 18.7 Å². The van der Waals surface area contributed by atoms with E-state index in [2.05, 4.69) is 0 Å². The summed E-state index contributed by atoms with van der Waals surface area (Å²) in [5.74, 6) is -1.54. The largest absolute Gasteiger partial charge is 0.478 e. The molecular formula is C15H19N3O5S2. The molecule has 0 aromatic heterocycles. The summed E-state index contributed by atoms with van der Waals surface area (Å²) in [7, 11) is -3.59. The number of hydrogen-bond acceptors (Lipinski definition) is 5. The molecule has 1 fully saturated rings. The second-order valence-corrected chi connectivity index (χ2v) is 8.31. The van der Waals surface area contributed by atoms with E-state index >= 15 is 0 Å². The van der Waals surface area contributed by atoms with E-state index in [9.17, 15) is 18.0 Å². The Labute approximate surface area is 151 Å². The van der Waals surface area contributed by atoms with Gasteiger partial charge in [-0.2, -0.15) is 0 Å². The molecule has 25 heavy (non-hydrogen) atoms. The molecule has 1 aromatic rings. The molecule has 0 unspecified atom stereocenters. The van der Waals surface area contributed by atoms with Crippen LogP contribution in [0.15, 0.2) is 24.3 Å². The van der Waals surface area contributed by atoms with Crippen molar-refractivity contribution in [2.75, 3.05) is 17.2 Å². The number of carboxylic acids is 1. The maximum atomic E-state index is 12.8. The molecule has 2 rings (SSSR count). The SMILES string of the molecule is CC1(C)C(=O)N(c2ccc(C(=O)O)cc2)C(=S)N1CCCS(N)(=O)=O. The third-order valence-electron chi connectivity index (χ3n) is 4.01. The molecule has 1 amide bonds. The fourth-order valence-corrected chi connectivity index (χ4v) is 3.65. The average Bonchev–Trinajstić information content (AvgIpc) is 2.66. The normalized spacial score (nSPS) is 17.2. The number of nitrogens with two attached hydrogens (primary N) is 1. The predicted molar refractivity (Wildman–Crippen MR) is 96.9 cm³/mol. The van der Waals surface area contributed by atoms with Crippen molar-refractivity contribution in [1.29, 1.82) is 0 Å². The van der Waals surface area contributed by atoms with Crippen molar-refractivity contribution in [3.05, 3.63) is 29.8 Å². The molecule has 3 N–H and O–H groups in total. The van der Waals surface area contributed by atoms with Gasteiger partial charge in [-0.15, -0.1) is 0 Å². The van der Waals surface area contributed by atoms with Crippen LogP contribution in [-0.4, -0.2) is 53.2 Å². The molecule has 0 spiro atoms. The molecule has 1 aliphatic heterocycles. The Morgan fingerprint density at radius 1 is 1.28 bits per heavy atom. The third kappa shape index (κ3) is 3.97. The molecule has 10 heteroatoms. The predicted octanol–water partition coefficient (Wildman–Crippen LogP) is 0.776. The third-order valence-corrected chi connectivity index (χ3v) is 5.27. The van der Waals surface area contributed by atoms with Crippen LogP contribution in [0.4, 0.5) is 5.69 Å². The number of rotatable bonds is 6. The lowest BCUT2D eigenvalue weighted by Gasteiger charge is -2.29. The zero-order chi connectivity index (χ0) is 19.0. The van der Waals surface area contributed by atoms with E-state index in [1.165, 1.54) is 29.2 Å². The second-order valence-electron chi connectivity index (χ2n) is 6.21. The molecule has 136 valence electrons. The molecule has 8 nitrogen and oxygen atoms in total. The average molecular weight is 385 g/mol. The maximum absolute atomic E-state index is 12.8. The highest BCUT2D eigenvalue weighted by molar-refractivity contribution is 7.89. The first-order chi connectivity index (χ1) is 11.4. The molecule has 0 saturated carbocycles. The number of sulfonamides is 1. The van der Waals surface area contributed by atoms with Gasteiger partial charge in [-0.25, -0.2) is 18.4 Å². The van der Waals surface area contributed by atoms with Crippen molar-refractivity contribution in [2.24, 2.45) is 5.14 Å². The van der Waals surface area contributed by atoms with E-state index < -0.39 is 21.5 Å². The van der Waals surface area contributed by atoms with E-state index in [1.807, 2.05) is 0 Å². The van der Waals surface area contributed by atoms with E-state index in [4.69, 9.17) is 22.5 Å². The summed E-state index contributed by atoms with van der Waals surface area (Å²) in [5.41, 5.74) is -0.381. The number of amides is 1. The minimum atomic E-state index is -3.59. The Morgan fingerprint density at radius 2 is 1.84 bits per heavy atom. The lowest BCUT2D eigenvalue weighted by atomic mass is 10.0. The fraction of sp³-hybridized carbons (Fsp3) is 0.400. The van der Waals surface area contributed by atoms with E-state index in [0.717, 1.165) is 0 Å². The fourth-order valence-electron chi connectivity index (χ4n) is 2.62. The number of thiocarbonyl (C=S) groups is 1.